The van der Waals surface area contributed by atoms with E-state index in [0.29, 0.717) is 12.0 Å². The van der Waals surface area contributed by atoms with Crippen LogP contribution in [-0.2, 0) is 11.0 Å². The van der Waals surface area contributed by atoms with Crippen LogP contribution in [-0.4, -0.2) is 15.0 Å². The van der Waals surface area contributed by atoms with Crippen molar-refractivity contribution in [1.82, 2.24) is 4.72 Å². The van der Waals surface area contributed by atoms with E-state index < -0.39 is 11.0 Å². The van der Waals surface area contributed by atoms with Crippen LogP contribution in [0.2, 0.25) is 0 Å². The van der Waals surface area contributed by atoms with E-state index in [2.05, 4.69) is 25.5 Å². The Morgan fingerprint density at radius 2 is 1.58 bits per heavy atom. The first-order valence-electron chi connectivity index (χ1n) is 4.43. The normalized spacial score (nSPS) is 17.9. The van der Waals surface area contributed by atoms with E-state index in [1.165, 1.54) is 0 Å². The molecule has 0 bridgehead atoms. The Bertz CT molecular complexity index is 160. The minimum atomic E-state index is -0.938. The molecule has 2 nitrogen and oxygen atoms in total. The molecule has 0 radical (unpaired) electrons. The Morgan fingerprint density at radius 1 is 1.17 bits per heavy atom. The van der Waals surface area contributed by atoms with Crippen molar-refractivity contribution in [2.75, 3.05) is 0 Å². The molecule has 0 amide bonds. The molecular formula is C9H21NOS. The van der Waals surface area contributed by atoms with E-state index in [9.17, 15) is 4.21 Å². The fourth-order valence-electron chi connectivity index (χ4n) is 0.482. The molecule has 0 saturated carbocycles. The van der Waals surface area contributed by atoms with Crippen LogP contribution in [0.25, 0.3) is 0 Å². The van der Waals surface area contributed by atoms with Crippen LogP contribution < -0.4 is 4.72 Å². The first-order chi connectivity index (χ1) is 5.25. The smallest absolute Gasteiger partial charge is 0.0972 e. The fourth-order valence-corrected chi connectivity index (χ4v) is 1.45. The van der Waals surface area contributed by atoms with Gasteiger partial charge in [0.2, 0.25) is 0 Å². The van der Waals surface area contributed by atoms with Crippen LogP contribution in [0.4, 0.5) is 0 Å². The molecule has 0 aromatic rings. The standard InChI is InChI=1S/C9H21NOS/c1-7(2)8(3)10-12(11)9(4,5)6/h7-8,10H,1-6H3/t8-,12+/m1/s1. The van der Waals surface area contributed by atoms with Crippen molar-refractivity contribution in [3.05, 3.63) is 0 Å². The van der Waals surface area contributed by atoms with E-state index in [4.69, 9.17) is 0 Å². The van der Waals surface area contributed by atoms with Crippen LogP contribution in [0.15, 0.2) is 0 Å². The summed E-state index contributed by atoms with van der Waals surface area (Å²) in [6.45, 7) is 12.2. The van der Waals surface area contributed by atoms with E-state index in [1.807, 2.05) is 20.8 Å². The molecular weight excluding hydrogens is 170 g/mol. The molecule has 0 spiro atoms. The Hall–Kier alpha value is 0.110. The van der Waals surface area contributed by atoms with Crippen LogP contribution >= 0.6 is 0 Å². The predicted molar refractivity (Wildman–Crippen MR) is 55.3 cm³/mol. The van der Waals surface area contributed by atoms with Gasteiger partial charge in [-0.05, 0) is 33.6 Å². The van der Waals surface area contributed by atoms with Gasteiger partial charge >= 0.3 is 0 Å². The summed E-state index contributed by atoms with van der Waals surface area (Å²) in [6, 6.07) is 0.310. The molecule has 0 aromatic heterocycles. The Labute approximate surface area is 78.7 Å². The van der Waals surface area contributed by atoms with E-state index in [1.54, 1.807) is 0 Å². The van der Waals surface area contributed by atoms with Crippen molar-refractivity contribution in [2.24, 2.45) is 5.92 Å². The van der Waals surface area contributed by atoms with Crippen molar-refractivity contribution in [1.29, 1.82) is 0 Å². The third-order valence-corrected chi connectivity index (χ3v) is 3.55. The number of nitrogens with one attached hydrogen (secondary N) is 1. The summed E-state index contributed by atoms with van der Waals surface area (Å²) in [7, 11) is -0.938. The van der Waals surface area contributed by atoms with Gasteiger partial charge in [-0.3, -0.25) is 0 Å². The molecule has 0 aliphatic rings. The highest BCUT2D eigenvalue weighted by atomic mass is 32.2. The zero-order valence-corrected chi connectivity index (χ0v) is 9.79. The lowest BCUT2D eigenvalue weighted by Crippen LogP contribution is -2.40. The topological polar surface area (TPSA) is 29.1 Å². The second kappa shape index (κ2) is 4.38. The van der Waals surface area contributed by atoms with Crippen LogP contribution in [0.5, 0.6) is 0 Å². The minimum absolute atomic E-state index is 0.164. The highest BCUT2D eigenvalue weighted by molar-refractivity contribution is 7.84. The Balaban J connectivity index is 4.02. The molecule has 0 unspecified atom stereocenters. The van der Waals surface area contributed by atoms with Crippen molar-refractivity contribution in [3.8, 4) is 0 Å². The largest absolute Gasteiger partial charge is 0.242 e. The quantitative estimate of drug-likeness (QED) is 0.727. The zero-order chi connectivity index (χ0) is 9.94. The summed E-state index contributed by atoms with van der Waals surface area (Å²) in [5, 5.41) is 0. The molecule has 0 aliphatic carbocycles. The second-order valence-electron chi connectivity index (χ2n) is 4.53. The number of hydrogen-bond donors (Lipinski definition) is 1. The number of rotatable bonds is 3. The maximum atomic E-state index is 11.6. The summed E-state index contributed by atoms with van der Waals surface area (Å²) in [5.74, 6) is 0.524. The van der Waals surface area contributed by atoms with Gasteiger partial charge in [0.1, 0.15) is 0 Å². The molecule has 1 N–H and O–H groups in total. The molecule has 0 aromatic carbocycles. The van der Waals surface area contributed by atoms with Gasteiger partial charge in [-0.15, -0.1) is 0 Å². The first kappa shape index (κ1) is 12.1. The van der Waals surface area contributed by atoms with Gasteiger partial charge in [-0.1, -0.05) is 13.8 Å². The highest BCUT2D eigenvalue weighted by Crippen LogP contribution is 2.11. The van der Waals surface area contributed by atoms with Crippen LogP contribution in [0.3, 0.4) is 0 Å². The van der Waals surface area contributed by atoms with Crippen molar-refractivity contribution < 1.29 is 4.21 Å². The third-order valence-electron chi connectivity index (χ3n) is 1.85. The predicted octanol–water partition coefficient (Wildman–Crippen LogP) is 2.08. The van der Waals surface area contributed by atoms with Crippen LogP contribution in [0.1, 0.15) is 41.5 Å². The first-order valence-corrected chi connectivity index (χ1v) is 5.58. The molecule has 0 fully saturated rings. The molecule has 74 valence electrons. The molecule has 0 rings (SSSR count). The Morgan fingerprint density at radius 3 is 1.83 bits per heavy atom. The maximum absolute atomic E-state index is 11.6. The average Bonchev–Trinajstić information content (AvgIpc) is 1.85. The van der Waals surface area contributed by atoms with Crippen LogP contribution in [0, 0.1) is 5.92 Å². The summed E-state index contributed by atoms with van der Waals surface area (Å²) in [4.78, 5) is 0. The van der Waals surface area contributed by atoms with E-state index >= 15 is 0 Å². The van der Waals surface area contributed by atoms with Gasteiger partial charge in [0.25, 0.3) is 0 Å². The average molecular weight is 191 g/mol. The lowest BCUT2D eigenvalue weighted by Gasteiger charge is -2.23. The molecule has 0 heterocycles. The zero-order valence-electron chi connectivity index (χ0n) is 8.97. The van der Waals surface area contributed by atoms with Gasteiger partial charge < -0.3 is 0 Å². The van der Waals surface area contributed by atoms with E-state index in [0.717, 1.165) is 0 Å². The van der Waals surface area contributed by atoms with E-state index in [-0.39, 0.29) is 4.75 Å². The summed E-state index contributed by atoms with van der Waals surface area (Å²) in [5.41, 5.74) is 0. The molecule has 2 atom stereocenters. The lowest BCUT2D eigenvalue weighted by molar-refractivity contribution is 0.487. The molecule has 0 aliphatic heterocycles. The highest BCUT2D eigenvalue weighted by Gasteiger charge is 2.21. The minimum Gasteiger partial charge on any atom is -0.242 e. The summed E-state index contributed by atoms with van der Waals surface area (Å²) >= 11 is 0. The van der Waals surface area contributed by atoms with Gasteiger partial charge in [0, 0.05) is 6.04 Å². The fraction of sp³-hybridized carbons (Fsp3) is 1.00. The molecule has 12 heavy (non-hydrogen) atoms. The van der Waals surface area contributed by atoms with Gasteiger partial charge in [0.05, 0.1) is 15.7 Å². The second-order valence-corrected chi connectivity index (χ2v) is 6.53. The third kappa shape index (κ3) is 4.21. The maximum Gasteiger partial charge on any atom is 0.0972 e. The number of hydrogen-bond acceptors (Lipinski definition) is 1. The SMILES string of the molecule is CC(C)[C@@H](C)N[S@@](=O)C(C)(C)C. The van der Waals surface area contributed by atoms with Gasteiger partial charge in [-0.2, -0.15) is 0 Å². The Kier molecular flexibility index (Phi) is 4.42. The monoisotopic (exact) mass is 191 g/mol. The molecule has 0 saturated heterocycles. The molecule has 3 heteroatoms. The van der Waals surface area contributed by atoms with Gasteiger partial charge in [-0.25, -0.2) is 8.93 Å². The van der Waals surface area contributed by atoms with Crippen molar-refractivity contribution in [3.63, 3.8) is 0 Å². The van der Waals surface area contributed by atoms with Crippen molar-refractivity contribution in [2.45, 2.75) is 52.3 Å². The summed E-state index contributed by atoms with van der Waals surface area (Å²) in [6.07, 6.45) is 0. The van der Waals surface area contributed by atoms with Gasteiger partial charge in [0.15, 0.2) is 0 Å². The summed E-state index contributed by atoms with van der Waals surface area (Å²) < 4.78 is 14.5. The lowest BCUT2D eigenvalue weighted by atomic mass is 10.1. The van der Waals surface area contributed by atoms with Crippen molar-refractivity contribution >= 4 is 11.0 Å².